The van der Waals surface area contributed by atoms with Gasteiger partial charge in [0, 0.05) is 30.3 Å². The second-order valence-electron chi connectivity index (χ2n) is 8.85. The average Bonchev–Trinajstić information content (AvgIpc) is 3.17. The van der Waals surface area contributed by atoms with Gasteiger partial charge in [-0.05, 0) is 56.7 Å². The molecule has 0 radical (unpaired) electrons. The number of urea groups is 1. The van der Waals surface area contributed by atoms with Crippen LogP contribution in [0, 0.1) is 24.5 Å². The van der Waals surface area contributed by atoms with E-state index in [1.807, 2.05) is 0 Å². The zero-order chi connectivity index (χ0) is 25.7. The third kappa shape index (κ3) is 5.04. The summed E-state index contributed by atoms with van der Waals surface area (Å²) in [4.78, 5) is 20.2. The van der Waals surface area contributed by atoms with Crippen molar-refractivity contribution < 1.29 is 26.4 Å². The Balaban J connectivity index is 1.71. The fourth-order valence-corrected chi connectivity index (χ4v) is 5.85. The smallest absolute Gasteiger partial charge is 0.294 e. The number of nitrogens with two attached hydrogens (primary N) is 1. The molecule has 2 amide bonds. The molecule has 4 rings (SSSR count). The van der Waals surface area contributed by atoms with Crippen LogP contribution < -0.4 is 14.9 Å². The van der Waals surface area contributed by atoms with Crippen LogP contribution in [0.3, 0.4) is 0 Å². The molecule has 1 aliphatic heterocycles. The molecule has 1 fully saturated rings. The highest BCUT2D eigenvalue weighted by Gasteiger charge is 2.42. The van der Waals surface area contributed by atoms with Gasteiger partial charge in [-0.15, -0.1) is 0 Å². The maximum absolute atomic E-state index is 15.0. The number of nitrogens with zero attached hydrogens (tertiary/aromatic N) is 3. The highest BCUT2D eigenvalue weighted by atomic mass is 32.2. The second kappa shape index (κ2) is 8.92. The quantitative estimate of drug-likeness (QED) is 0.516. The minimum absolute atomic E-state index is 0.0115. The Hall–Kier alpha value is -2.96. The van der Waals surface area contributed by atoms with E-state index in [9.17, 15) is 22.0 Å². The summed E-state index contributed by atoms with van der Waals surface area (Å²) < 4.78 is 66.4. The van der Waals surface area contributed by atoms with Crippen molar-refractivity contribution in [3.8, 4) is 11.1 Å². The normalized spacial score (nSPS) is 17.2. The third-order valence-corrected chi connectivity index (χ3v) is 8.62. The van der Waals surface area contributed by atoms with Crippen molar-refractivity contribution in [1.29, 1.82) is 0 Å². The lowest BCUT2D eigenvalue weighted by atomic mass is 9.90. The van der Waals surface area contributed by atoms with E-state index in [0.29, 0.717) is 11.3 Å². The number of anilines is 2. The maximum Gasteiger partial charge on any atom is 0.330 e. The summed E-state index contributed by atoms with van der Waals surface area (Å²) >= 11 is 0.744. The number of hydrogen-bond donors (Lipinski definition) is 1. The first-order valence-electron chi connectivity index (χ1n) is 10.6. The predicted molar refractivity (Wildman–Crippen MR) is 129 cm³/mol. The topological polar surface area (TPSA) is 96.6 Å². The molecule has 1 aliphatic rings. The largest absolute Gasteiger partial charge is 0.330 e. The van der Waals surface area contributed by atoms with Crippen molar-refractivity contribution in [3.05, 3.63) is 59.8 Å². The molecule has 2 heterocycles. The molecule has 2 N–H and O–H groups in total. The van der Waals surface area contributed by atoms with Crippen molar-refractivity contribution in [2.24, 2.45) is 11.1 Å². The van der Waals surface area contributed by atoms with Crippen LogP contribution in [0.1, 0.15) is 19.5 Å². The second-order valence-corrected chi connectivity index (χ2v) is 11.6. The number of thiazole rings is 1. The van der Waals surface area contributed by atoms with Gasteiger partial charge in [-0.25, -0.2) is 36.5 Å². The van der Waals surface area contributed by atoms with Gasteiger partial charge in [0.25, 0.3) is 0 Å². The lowest BCUT2D eigenvalue weighted by Gasteiger charge is -2.42. The highest BCUT2D eigenvalue weighted by molar-refractivity contribution is 7.91. The van der Waals surface area contributed by atoms with Crippen LogP contribution in [0.15, 0.2) is 46.7 Å². The number of benzene rings is 2. The molecule has 0 bridgehead atoms. The summed E-state index contributed by atoms with van der Waals surface area (Å²) in [5.74, 6) is -1.82. The average molecular weight is 525 g/mol. The molecule has 186 valence electrons. The van der Waals surface area contributed by atoms with Gasteiger partial charge in [0.05, 0.1) is 5.69 Å². The van der Waals surface area contributed by atoms with Crippen molar-refractivity contribution >= 4 is 38.2 Å². The molecule has 1 unspecified atom stereocenters. The molecule has 0 saturated carbocycles. The number of amides is 2. The molecule has 12 heteroatoms. The van der Waals surface area contributed by atoms with Crippen LogP contribution in [0.4, 0.5) is 28.8 Å². The zero-order valence-electron chi connectivity index (χ0n) is 19.1. The molecule has 0 aliphatic carbocycles. The van der Waals surface area contributed by atoms with E-state index < -0.39 is 39.3 Å². The van der Waals surface area contributed by atoms with Crippen LogP contribution in [-0.2, 0) is 10.0 Å². The van der Waals surface area contributed by atoms with Gasteiger partial charge in [-0.2, -0.15) is 0 Å². The van der Waals surface area contributed by atoms with Crippen LogP contribution in [-0.4, -0.2) is 38.2 Å². The van der Waals surface area contributed by atoms with Crippen LogP contribution in [0.5, 0.6) is 0 Å². The van der Waals surface area contributed by atoms with Gasteiger partial charge in [-0.3, -0.25) is 9.80 Å². The Morgan fingerprint density at radius 2 is 1.71 bits per heavy atom. The van der Waals surface area contributed by atoms with Crippen LogP contribution in [0.2, 0.25) is 0 Å². The molecule has 1 saturated heterocycles. The number of carbonyl (C=O) groups excluding carboxylic acids is 1. The minimum Gasteiger partial charge on any atom is -0.294 e. The third-order valence-electron chi connectivity index (χ3n) is 5.89. The van der Waals surface area contributed by atoms with E-state index in [1.165, 1.54) is 30.6 Å². The Morgan fingerprint density at radius 1 is 1.09 bits per heavy atom. The number of primary sulfonamides is 1. The molecular weight excluding hydrogens is 501 g/mol. The van der Waals surface area contributed by atoms with E-state index >= 15 is 4.39 Å². The molecule has 1 aromatic heterocycles. The van der Waals surface area contributed by atoms with Gasteiger partial charge < -0.3 is 0 Å². The molecule has 0 spiro atoms. The number of carbonyl (C=O) groups is 1. The Bertz CT molecular complexity index is 1390. The Morgan fingerprint density at radius 3 is 2.29 bits per heavy atom. The summed E-state index contributed by atoms with van der Waals surface area (Å²) in [6.45, 7) is 4.32. The van der Waals surface area contributed by atoms with Gasteiger partial charge in [-0.1, -0.05) is 23.5 Å². The van der Waals surface area contributed by atoms with E-state index in [4.69, 9.17) is 5.14 Å². The number of halogens is 3. The van der Waals surface area contributed by atoms with E-state index in [1.54, 1.807) is 24.3 Å². The SMILES string of the molecule is Cc1nc(N2CC(C(C)(C)F)CN(c3ccc(-c4cc(F)ccc4F)cc3)C2=O)sc1S(N)(=O)=O. The number of hydrogen-bond acceptors (Lipinski definition) is 5. The summed E-state index contributed by atoms with van der Waals surface area (Å²) in [5.41, 5.74) is -0.636. The first-order chi connectivity index (χ1) is 16.3. The van der Waals surface area contributed by atoms with Gasteiger partial charge in [0.2, 0.25) is 10.0 Å². The van der Waals surface area contributed by atoms with Gasteiger partial charge in [0.1, 0.15) is 17.3 Å². The number of sulfonamides is 1. The van der Waals surface area contributed by atoms with E-state index in [0.717, 1.165) is 29.5 Å². The molecular formula is C23H23F3N4O3S2. The van der Waals surface area contributed by atoms with Crippen molar-refractivity contribution in [1.82, 2.24) is 4.98 Å². The van der Waals surface area contributed by atoms with Crippen molar-refractivity contribution in [3.63, 3.8) is 0 Å². The Labute approximate surface area is 205 Å². The first kappa shape index (κ1) is 25.1. The fraction of sp³-hybridized carbons (Fsp3) is 0.304. The summed E-state index contributed by atoms with van der Waals surface area (Å²) in [6.07, 6.45) is 0. The van der Waals surface area contributed by atoms with Gasteiger partial charge in [0.15, 0.2) is 9.34 Å². The molecule has 1 atom stereocenters. The van der Waals surface area contributed by atoms with Crippen molar-refractivity contribution in [2.75, 3.05) is 22.9 Å². The summed E-state index contributed by atoms with van der Waals surface area (Å²) in [7, 11) is -4.04. The standard InChI is InChI=1S/C23H23F3N4O3S2/c1-13-20(35(27,32)33)34-21(28-13)30-12-15(23(2,3)26)11-29(22(30)31)17-7-4-14(5-8-17)18-10-16(24)6-9-19(18)25/h4-10,15H,11-12H2,1-3H3,(H2,27,32,33). The molecule has 3 aromatic rings. The molecule has 35 heavy (non-hydrogen) atoms. The number of rotatable bonds is 5. The summed E-state index contributed by atoms with van der Waals surface area (Å²) in [6, 6.07) is 8.82. The monoisotopic (exact) mass is 524 g/mol. The fourth-order valence-electron chi connectivity index (χ4n) is 3.90. The summed E-state index contributed by atoms with van der Waals surface area (Å²) in [5, 5.41) is 5.34. The van der Waals surface area contributed by atoms with Crippen LogP contribution >= 0.6 is 11.3 Å². The maximum atomic E-state index is 15.0. The molecule has 2 aromatic carbocycles. The number of aromatic nitrogens is 1. The van der Waals surface area contributed by atoms with E-state index in [2.05, 4.69) is 4.98 Å². The lowest BCUT2D eigenvalue weighted by Crippen LogP contribution is -2.57. The van der Waals surface area contributed by atoms with Gasteiger partial charge >= 0.3 is 6.03 Å². The van der Waals surface area contributed by atoms with Crippen molar-refractivity contribution in [2.45, 2.75) is 30.6 Å². The minimum atomic E-state index is -4.04. The molecule has 7 nitrogen and oxygen atoms in total. The predicted octanol–water partition coefficient (Wildman–Crippen LogP) is 4.86. The van der Waals surface area contributed by atoms with E-state index in [-0.39, 0.29) is 33.7 Å². The zero-order valence-corrected chi connectivity index (χ0v) is 20.8. The Kier molecular flexibility index (Phi) is 6.41. The number of alkyl halides is 1. The van der Waals surface area contributed by atoms with Crippen LogP contribution in [0.25, 0.3) is 11.1 Å². The first-order valence-corrected chi connectivity index (χ1v) is 13.0. The number of aryl methyl sites for hydroxylation is 1. The highest BCUT2D eigenvalue weighted by Crippen LogP contribution is 2.37. The lowest BCUT2D eigenvalue weighted by molar-refractivity contribution is 0.126.